The lowest BCUT2D eigenvalue weighted by atomic mass is 9.86. The quantitative estimate of drug-likeness (QED) is 0.329. The van der Waals surface area contributed by atoms with Crippen molar-refractivity contribution in [2.45, 2.75) is 56.5 Å². The van der Waals surface area contributed by atoms with Gasteiger partial charge in [0.2, 0.25) is 0 Å². The van der Waals surface area contributed by atoms with Crippen molar-refractivity contribution in [1.29, 1.82) is 0 Å². The number of nitrogens with zero attached hydrogens (tertiary/aromatic N) is 6. The zero-order valence-corrected chi connectivity index (χ0v) is 29.3. The first kappa shape index (κ1) is 33.1. The van der Waals surface area contributed by atoms with Crippen molar-refractivity contribution in [3.8, 4) is 11.4 Å². The summed E-state index contributed by atoms with van der Waals surface area (Å²) < 4.78 is 9.21. The molecule has 46 heavy (non-hydrogen) atoms. The summed E-state index contributed by atoms with van der Waals surface area (Å²) in [7, 11) is 2.17. The number of piperazine rings is 1. The number of amides is 1. The molecule has 2 atom stereocenters. The number of aromatic amines is 1. The van der Waals surface area contributed by atoms with Crippen LogP contribution in [0.25, 0.3) is 11.4 Å². The van der Waals surface area contributed by atoms with Crippen LogP contribution in [0.15, 0.2) is 62.3 Å². The second-order valence-corrected chi connectivity index (χ2v) is 14.3. The fraction of sp³-hybridized carbons (Fsp3) is 0.515. The number of likely N-dealkylation sites (tertiary alicyclic amines) is 2. The van der Waals surface area contributed by atoms with Crippen molar-refractivity contribution < 1.29 is 14.3 Å². The van der Waals surface area contributed by atoms with Crippen LogP contribution < -0.4 is 5.69 Å². The first-order valence-electron chi connectivity index (χ1n) is 16.0. The fourth-order valence-electron chi connectivity index (χ4n) is 7.33. The number of rotatable bonds is 8. The standard InChI is InChI=1S/C33H41Br2N7O4/c1-38-13-9-26(10-14-38)39-16-18-40(19-17-39)33(12-20-43)22-27(42-31(44)36-30(37-42)25-5-3-2-4-6-25)11-15-41(33)32(45)46-23-24-7-8-28(34)29(35)21-24/h2-8,20-21,26-27H,9-19,22-23H2,1H3,(H,36,37,44)/t27-,33+/m1/s1. The highest BCUT2D eigenvalue weighted by molar-refractivity contribution is 9.13. The molecule has 0 radical (unpaired) electrons. The van der Waals surface area contributed by atoms with Gasteiger partial charge in [-0.05, 0) is 89.0 Å². The van der Waals surface area contributed by atoms with Gasteiger partial charge in [-0.2, -0.15) is 0 Å². The Kier molecular flexibility index (Phi) is 10.4. The molecule has 0 aliphatic carbocycles. The van der Waals surface area contributed by atoms with Crippen molar-refractivity contribution in [1.82, 2.24) is 34.4 Å². The molecule has 4 heterocycles. The van der Waals surface area contributed by atoms with Crippen LogP contribution in [0.3, 0.4) is 0 Å². The molecule has 3 fully saturated rings. The van der Waals surface area contributed by atoms with Gasteiger partial charge in [-0.1, -0.05) is 36.4 Å². The van der Waals surface area contributed by atoms with E-state index < -0.39 is 11.8 Å². The second kappa shape index (κ2) is 14.5. The molecule has 3 saturated heterocycles. The average molecular weight is 760 g/mol. The summed E-state index contributed by atoms with van der Waals surface area (Å²) in [5.74, 6) is 0.501. The molecule has 0 unspecified atom stereocenters. The number of aldehydes is 1. The SMILES string of the molecule is CN1CCC(N2CCN([C@]3(CC=O)C[C@H](n4nc(-c5ccccc5)[nH]c4=O)CCN3C(=O)OCc3ccc(Br)c(Br)c3)CC2)CC1. The maximum Gasteiger partial charge on any atom is 0.411 e. The van der Waals surface area contributed by atoms with Gasteiger partial charge < -0.3 is 14.4 Å². The molecule has 0 spiro atoms. The molecule has 3 aromatic rings. The first-order chi connectivity index (χ1) is 22.3. The van der Waals surface area contributed by atoms with E-state index in [4.69, 9.17) is 9.84 Å². The van der Waals surface area contributed by atoms with E-state index in [-0.39, 0.29) is 24.8 Å². The minimum atomic E-state index is -0.952. The highest BCUT2D eigenvalue weighted by Gasteiger charge is 2.51. The molecule has 13 heteroatoms. The molecule has 0 bridgehead atoms. The van der Waals surface area contributed by atoms with E-state index in [0.717, 1.165) is 65.4 Å². The van der Waals surface area contributed by atoms with Crippen molar-refractivity contribution in [3.05, 3.63) is 73.5 Å². The summed E-state index contributed by atoms with van der Waals surface area (Å²) in [4.78, 5) is 51.5. The molecular weight excluding hydrogens is 718 g/mol. The van der Waals surface area contributed by atoms with E-state index in [0.29, 0.717) is 44.3 Å². The van der Waals surface area contributed by atoms with Crippen LogP contribution in [0, 0.1) is 0 Å². The molecule has 6 rings (SSSR count). The molecule has 246 valence electrons. The minimum absolute atomic E-state index is 0.102. The number of carbonyl (C=O) groups is 2. The van der Waals surface area contributed by atoms with Gasteiger partial charge in [0.15, 0.2) is 5.82 Å². The highest BCUT2D eigenvalue weighted by atomic mass is 79.9. The lowest BCUT2D eigenvalue weighted by molar-refractivity contribution is -0.129. The molecule has 1 amide bonds. The van der Waals surface area contributed by atoms with Gasteiger partial charge in [0.25, 0.3) is 0 Å². The number of ether oxygens (including phenoxy) is 1. The molecule has 11 nitrogen and oxygen atoms in total. The predicted molar refractivity (Wildman–Crippen MR) is 182 cm³/mol. The number of hydrogen-bond acceptors (Lipinski definition) is 8. The van der Waals surface area contributed by atoms with E-state index in [9.17, 15) is 14.4 Å². The van der Waals surface area contributed by atoms with Crippen molar-refractivity contribution in [2.24, 2.45) is 0 Å². The Morgan fingerprint density at radius 1 is 0.978 bits per heavy atom. The molecule has 3 aliphatic heterocycles. The van der Waals surface area contributed by atoms with Crippen LogP contribution in [0.5, 0.6) is 0 Å². The topological polar surface area (TPSA) is 107 Å². The molecule has 1 aromatic heterocycles. The fourth-order valence-corrected chi connectivity index (χ4v) is 8.00. The van der Waals surface area contributed by atoms with Crippen LogP contribution in [-0.2, 0) is 16.1 Å². The van der Waals surface area contributed by atoms with Gasteiger partial charge in [-0.3, -0.25) is 19.7 Å². The number of aromatic nitrogens is 3. The maximum absolute atomic E-state index is 13.9. The van der Waals surface area contributed by atoms with E-state index in [2.05, 4.69) is 58.6 Å². The summed E-state index contributed by atoms with van der Waals surface area (Å²) in [5.41, 5.74) is 0.421. The van der Waals surface area contributed by atoms with Gasteiger partial charge in [0.05, 0.1) is 6.04 Å². The number of H-pyrrole nitrogens is 1. The van der Waals surface area contributed by atoms with Crippen LogP contribution in [0.1, 0.15) is 43.7 Å². The lowest BCUT2D eigenvalue weighted by Crippen LogP contribution is -2.69. The third kappa shape index (κ3) is 7.03. The second-order valence-electron chi connectivity index (χ2n) is 12.6. The predicted octanol–water partition coefficient (Wildman–Crippen LogP) is 4.73. The zero-order chi connectivity index (χ0) is 32.3. The Labute approximate surface area is 286 Å². The molecule has 2 aromatic carbocycles. The number of nitrogens with one attached hydrogen (secondary N) is 1. The van der Waals surface area contributed by atoms with Crippen LogP contribution in [-0.4, -0.2) is 111 Å². The molecule has 0 saturated carbocycles. The van der Waals surface area contributed by atoms with E-state index in [1.54, 1.807) is 4.90 Å². The summed E-state index contributed by atoms with van der Waals surface area (Å²) >= 11 is 7.01. The summed E-state index contributed by atoms with van der Waals surface area (Å²) in [6, 6.07) is 15.5. The Hall–Kier alpha value is -2.84. The number of carbonyl (C=O) groups excluding carboxylic acids is 2. The van der Waals surface area contributed by atoms with Crippen molar-refractivity contribution in [2.75, 3.05) is 52.9 Å². The highest BCUT2D eigenvalue weighted by Crippen LogP contribution is 2.40. The van der Waals surface area contributed by atoms with Crippen molar-refractivity contribution >= 4 is 44.2 Å². The lowest BCUT2D eigenvalue weighted by Gasteiger charge is -2.56. The average Bonchev–Trinajstić information content (AvgIpc) is 3.47. The van der Waals surface area contributed by atoms with Crippen LogP contribution in [0.2, 0.25) is 0 Å². The molecule has 3 aliphatic rings. The zero-order valence-electron chi connectivity index (χ0n) is 26.1. The van der Waals surface area contributed by atoms with Crippen LogP contribution >= 0.6 is 31.9 Å². The van der Waals surface area contributed by atoms with Gasteiger partial charge >= 0.3 is 11.8 Å². The minimum Gasteiger partial charge on any atom is -0.445 e. The Balaban J connectivity index is 1.26. The Bertz CT molecular complexity index is 1570. The number of piperidine rings is 2. The van der Waals surface area contributed by atoms with Gasteiger partial charge in [-0.15, -0.1) is 5.10 Å². The number of benzene rings is 2. The summed E-state index contributed by atoms with van der Waals surface area (Å²) in [6.07, 6.45) is 3.74. The normalized spacial score (nSPS) is 23.8. The Morgan fingerprint density at radius 2 is 1.70 bits per heavy atom. The van der Waals surface area contributed by atoms with Gasteiger partial charge in [0.1, 0.15) is 18.6 Å². The van der Waals surface area contributed by atoms with E-state index in [1.807, 2.05) is 48.5 Å². The van der Waals surface area contributed by atoms with Gasteiger partial charge in [0, 0.05) is 66.1 Å². The third-order valence-corrected chi connectivity index (χ3v) is 11.7. The first-order valence-corrected chi connectivity index (χ1v) is 17.6. The van der Waals surface area contributed by atoms with Crippen LogP contribution in [0.4, 0.5) is 4.79 Å². The van der Waals surface area contributed by atoms with E-state index >= 15 is 0 Å². The smallest absolute Gasteiger partial charge is 0.411 e. The largest absolute Gasteiger partial charge is 0.445 e. The monoisotopic (exact) mass is 757 g/mol. The van der Waals surface area contributed by atoms with E-state index in [1.165, 1.54) is 4.68 Å². The van der Waals surface area contributed by atoms with Crippen molar-refractivity contribution in [3.63, 3.8) is 0 Å². The Morgan fingerprint density at radius 3 is 2.39 bits per heavy atom. The third-order valence-electron chi connectivity index (χ3n) is 9.87. The molecular formula is C33H41Br2N7O4. The number of halogens is 2. The summed E-state index contributed by atoms with van der Waals surface area (Å²) in [5, 5.41) is 4.70. The maximum atomic E-state index is 13.9. The number of hydrogen-bond donors (Lipinski definition) is 1. The molecule has 1 N–H and O–H groups in total. The summed E-state index contributed by atoms with van der Waals surface area (Å²) in [6.45, 7) is 5.76. The van der Waals surface area contributed by atoms with Gasteiger partial charge in [-0.25, -0.2) is 14.3 Å².